The van der Waals surface area contributed by atoms with E-state index >= 15 is 0 Å². The second-order valence-electron chi connectivity index (χ2n) is 5.58. The van der Waals surface area contributed by atoms with E-state index in [1.165, 1.54) is 29.7 Å². The fourth-order valence-corrected chi connectivity index (χ4v) is 4.60. The molecule has 1 N–H and O–H groups in total. The van der Waals surface area contributed by atoms with Gasteiger partial charge in [0.1, 0.15) is 13.2 Å². The van der Waals surface area contributed by atoms with Crippen LogP contribution in [0.3, 0.4) is 0 Å². The maximum atomic E-state index is 5.71. The van der Waals surface area contributed by atoms with E-state index in [1.807, 2.05) is 24.5 Å². The van der Waals surface area contributed by atoms with Gasteiger partial charge < -0.3 is 14.8 Å². The summed E-state index contributed by atoms with van der Waals surface area (Å²) in [5, 5.41) is 3.44. The van der Waals surface area contributed by atoms with E-state index in [2.05, 4.69) is 23.5 Å². The molecule has 1 aliphatic carbocycles. The lowest BCUT2D eigenvalue weighted by molar-refractivity contribution is 0.171. The Labute approximate surface area is 128 Å². The van der Waals surface area contributed by atoms with Crippen LogP contribution in [0, 0.1) is 0 Å². The van der Waals surface area contributed by atoms with Crippen molar-refractivity contribution in [2.75, 3.05) is 20.3 Å². The minimum absolute atomic E-state index is 0.233. The first-order valence-electron chi connectivity index (χ1n) is 7.53. The topological polar surface area (TPSA) is 30.5 Å². The highest BCUT2D eigenvalue weighted by Crippen LogP contribution is 2.38. The molecule has 1 atom stereocenters. The summed E-state index contributed by atoms with van der Waals surface area (Å²) >= 11 is 1.95. The summed E-state index contributed by atoms with van der Waals surface area (Å²) in [5.74, 6) is 1.72. The minimum Gasteiger partial charge on any atom is -0.486 e. The summed E-state index contributed by atoms with van der Waals surface area (Å²) in [4.78, 5) is 2.97. The number of benzene rings is 1. The van der Waals surface area contributed by atoms with Gasteiger partial charge in [0, 0.05) is 9.75 Å². The van der Waals surface area contributed by atoms with Gasteiger partial charge in [-0.05, 0) is 55.6 Å². The molecule has 0 bridgehead atoms. The number of thiophene rings is 1. The van der Waals surface area contributed by atoms with Crippen LogP contribution in [0.5, 0.6) is 11.5 Å². The highest BCUT2D eigenvalue weighted by molar-refractivity contribution is 7.12. The number of ether oxygens (including phenoxy) is 2. The van der Waals surface area contributed by atoms with E-state index < -0.39 is 0 Å². The van der Waals surface area contributed by atoms with Crippen LogP contribution in [0.15, 0.2) is 24.3 Å². The summed E-state index contributed by atoms with van der Waals surface area (Å²) in [6.07, 6.45) is 3.80. The highest BCUT2D eigenvalue weighted by atomic mass is 32.1. The third-order valence-corrected chi connectivity index (χ3v) is 5.54. The number of aryl methyl sites for hydroxylation is 2. The molecule has 0 saturated carbocycles. The Balaban J connectivity index is 1.68. The molecule has 1 aromatic heterocycles. The van der Waals surface area contributed by atoms with Gasteiger partial charge in [-0.1, -0.05) is 6.07 Å². The maximum absolute atomic E-state index is 5.71. The molecule has 3 nitrogen and oxygen atoms in total. The molecule has 2 aliphatic rings. The minimum atomic E-state index is 0.233. The first kappa shape index (κ1) is 13.2. The molecule has 1 unspecified atom stereocenters. The van der Waals surface area contributed by atoms with Gasteiger partial charge in [-0.15, -0.1) is 11.3 Å². The summed E-state index contributed by atoms with van der Waals surface area (Å²) in [7, 11) is 2.02. The monoisotopic (exact) mass is 301 g/mol. The number of rotatable bonds is 3. The van der Waals surface area contributed by atoms with Crippen molar-refractivity contribution in [1.82, 2.24) is 5.32 Å². The van der Waals surface area contributed by atoms with E-state index in [9.17, 15) is 0 Å². The summed E-state index contributed by atoms with van der Waals surface area (Å²) < 4.78 is 11.3. The predicted octanol–water partition coefficient (Wildman–Crippen LogP) is 3.32. The van der Waals surface area contributed by atoms with E-state index in [1.54, 1.807) is 10.4 Å². The molecule has 1 aliphatic heterocycles. The van der Waals surface area contributed by atoms with Crippen molar-refractivity contribution in [3.05, 3.63) is 45.1 Å². The third kappa shape index (κ3) is 2.32. The standard InChI is InChI=1S/C17H19NO2S/c1-18-17(16-10-11-3-2-4-15(11)21-16)12-5-6-13-14(9-12)20-8-7-19-13/h5-6,9-10,17-18H,2-4,7-8H2,1H3. The van der Waals surface area contributed by atoms with Gasteiger partial charge in [-0.2, -0.15) is 0 Å². The van der Waals surface area contributed by atoms with Crippen LogP contribution in [0.1, 0.15) is 33.3 Å². The van der Waals surface area contributed by atoms with Gasteiger partial charge in [-0.3, -0.25) is 0 Å². The lowest BCUT2D eigenvalue weighted by Gasteiger charge is -2.21. The molecular formula is C17H19NO2S. The fourth-order valence-electron chi connectivity index (χ4n) is 3.21. The molecule has 110 valence electrons. The molecule has 4 rings (SSSR count). The Hall–Kier alpha value is -1.52. The SMILES string of the molecule is CNC(c1ccc2c(c1)OCCO2)c1cc2c(s1)CCC2. The molecule has 0 spiro atoms. The molecule has 2 aromatic rings. The second-order valence-corrected chi connectivity index (χ2v) is 6.74. The molecule has 4 heteroatoms. The van der Waals surface area contributed by atoms with Gasteiger partial charge in [0.15, 0.2) is 11.5 Å². The predicted molar refractivity (Wildman–Crippen MR) is 84.7 cm³/mol. The molecule has 0 radical (unpaired) electrons. The van der Waals surface area contributed by atoms with Crippen LogP contribution in [0.4, 0.5) is 0 Å². The molecule has 2 heterocycles. The molecule has 21 heavy (non-hydrogen) atoms. The molecule has 0 saturated heterocycles. The van der Waals surface area contributed by atoms with Gasteiger partial charge in [-0.25, -0.2) is 0 Å². The van der Waals surface area contributed by atoms with Crippen molar-refractivity contribution in [3.8, 4) is 11.5 Å². The quantitative estimate of drug-likeness (QED) is 0.943. The maximum Gasteiger partial charge on any atom is 0.161 e. The summed E-state index contributed by atoms with van der Waals surface area (Å²) in [6, 6.07) is 8.89. The molecular weight excluding hydrogens is 282 g/mol. The zero-order valence-corrected chi connectivity index (χ0v) is 13.0. The van der Waals surface area contributed by atoms with E-state index in [0.717, 1.165) is 11.5 Å². The molecule has 1 aromatic carbocycles. The highest BCUT2D eigenvalue weighted by Gasteiger charge is 2.22. The van der Waals surface area contributed by atoms with Gasteiger partial charge in [0.2, 0.25) is 0 Å². The molecule has 0 fully saturated rings. The third-order valence-electron chi connectivity index (χ3n) is 4.24. The Kier molecular flexibility index (Phi) is 3.36. The lowest BCUT2D eigenvalue weighted by atomic mass is 10.0. The largest absolute Gasteiger partial charge is 0.486 e. The van der Waals surface area contributed by atoms with Crippen LogP contribution in [-0.4, -0.2) is 20.3 Å². The van der Waals surface area contributed by atoms with Crippen LogP contribution in [-0.2, 0) is 12.8 Å². The van der Waals surface area contributed by atoms with Crippen molar-refractivity contribution in [1.29, 1.82) is 0 Å². The summed E-state index contributed by atoms with van der Waals surface area (Å²) in [6.45, 7) is 1.27. The first-order chi connectivity index (χ1) is 10.3. The van der Waals surface area contributed by atoms with Crippen molar-refractivity contribution < 1.29 is 9.47 Å². The van der Waals surface area contributed by atoms with E-state index in [4.69, 9.17) is 9.47 Å². The van der Waals surface area contributed by atoms with Gasteiger partial charge in [0.25, 0.3) is 0 Å². The number of hydrogen-bond donors (Lipinski definition) is 1. The Morgan fingerprint density at radius 1 is 1.10 bits per heavy atom. The van der Waals surface area contributed by atoms with Crippen molar-refractivity contribution in [2.45, 2.75) is 25.3 Å². The first-order valence-corrected chi connectivity index (χ1v) is 8.35. The summed E-state index contributed by atoms with van der Waals surface area (Å²) in [5.41, 5.74) is 2.79. The van der Waals surface area contributed by atoms with Gasteiger partial charge >= 0.3 is 0 Å². The van der Waals surface area contributed by atoms with Crippen molar-refractivity contribution in [3.63, 3.8) is 0 Å². The van der Waals surface area contributed by atoms with Crippen molar-refractivity contribution >= 4 is 11.3 Å². The van der Waals surface area contributed by atoms with E-state index in [-0.39, 0.29) is 6.04 Å². The average molecular weight is 301 g/mol. The lowest BCUT2D eigenvalue weighted by Crippen LogP contribution is -2.19. The average Bonchev–Trinajstić information content (AvgIpc) is 3.09. The Bertz CT molecular complexity index is 643. The van der Waals surface area contributed by atoms with Gasteiger partial charge in [0.05, 0.1) is 6.04 Å². The van der Waals surface area contributed by atoms with Crippen LogP contribution < -0.4 is 14.8 Å². The number of fused-ring (bicyclic) bond motifs is 2. The zero-order chi connectivity index (χ0) is 14.2. The number of nitrogens with one attached hydrogen (secondary N) is 1. The Morgan fingerprint density at radius 3 is 2.76 bits per heavy atom. The van der Waals surface area contributed by atoms with Crippen LogP contribution in [0.25, 0.3) is 0 Å². The van der Waals surface area contributed by atoms with Crippen LogP contribution in [0.2, 0.25) is 0 Å². The number of hydrogen-bond acceptors (Lipinski definition) is 4. The zero-order valence-electron chi connectivity index (χ0n) is 12.1. The van der Waals surface area contributed by atoms with Crippen molar-refractivity contribution in [2.24, 2.45) is 0 Å². The van der Waals surface area contributed by atoms with Crippen LogP contribution >= 0.6 is 11.3 Å². The second kappa shape index (κ2) is 5.35. The Morgan fingerprint density at radius 2 is 1.95 bits per heavy atom. The smallest absolute Gasteiger partial charge is 0.161 e. The fraction of sp³-hybridized carbons (Fsp3) is 0.412. The molecule has 0 amide bonds. The normalized spacial score (nSPS) is 17.6. The van der Waals surface area contributed by atoms with E-state index in [0.29, 0.717) is 13.2 Å².